The van der Waals surface area contributed by atoms with Crippen molar-refractivity contribution in [3.63, 3.8) is 0 Å². The lowest BCUT2D eigenvalue weighted by atomic mass is 10.1. The van der Waals surface area contributed by atoms with Gasteiger partial charge in [-0.2, -0.15) is 0 Å². The van der Waals surface area contributed by atoms with Gasteiger partial charge in [0.1, 0.15) is 10.6 Å². The Hall–Kier alpha value is -2.33. The molecule has 5 rings (SSSR count). The molecule has 0 aliphatic carbocycles. The van der Waals surface area contributed by atoms with Gasteiger partial charge in [0.15, 0.2) is 0 Å². The maximum atomic E-state index is 14.3. The Bertz CT molecular complexity index is 1440. The minimum absolute atomic E-state index is 0.272. The first kappa shape index (κ1) is 33.0. The molecule has 3 aromatic rings. The first-order valence-corrected chi connectivity index (χ1v) is 19.3. The third-order valence-electron chi connectivity index (χ3n) is 9.04. The van der Waals surface area contributed by atoms with Crippen molar-refractivity contribution in [1.29, 1.82) is 0 Å². The van der Waals surface area contributed by atoms with E-state index in [2.05, 4.69) is 45.0 Å². The number of anilines is 1. The average molecular weight is 639 g/mol. The van der Waals surface area contributed by atoms with Crippen LogP contribution in [0.1, 0.15) is 64.7 Å². The Morgan fingerprint density at radius 2 is 1.55 bits per heavy atom. The van der Waals surface area contributed by atoms with Crippen LogP contribution in [-0.2, 0) is 9.84 Å². The monoisotopic (exact) mass is 638 g/mol. The molecule has 1 aromatic heterocycles. The predicted octanol–water partition coefficient (Wildman–Crippen LogP) is 7.14. The first-order chi connectivity index (χ1) is 21.5. The molecular formula is C35H50N4O3S2. The van der Waals surface area contributed by atoms with E-state index in [0.29, 0.717) is 12.4 Å². The summed E-state index contributed by atoms with van der Waals surface area (Å²) < 4.78 is 34.5. The van der Waals surface area contributed by atoms with E-state index < -0.39 is 9.84 Å². The third-order valence-corrected chi connectivity index (χ3v) is 11.5. The summed E-state index contributed by atoms with van der Waals surface area (Å²) in [6, 6.07) is 13.1. The number of likely N-dealkylation sites (tertiary alicyclic amines) is 1. The minimum atomic E-state index is -3.82. The number of unbranched alkanes of at least 4 members (excludes halogenated alkanes) is 4. The zero-order valence-corrected chi connectivity index (χ0v) is 28.3. The number of pyridine rings is 1. The SMILES string of the molecule is CCCCCCCOc1ccc(S(=O)(=O)c2cnc3ccc(SC)cc3c2N2CCCN(CCN3CCCCC3)CC2)cc1. The standard InChI is InChI=1S/C35H50N4O3S2/c1-3-4-5-6-10-26-42-29-12-15-31(16-13-29)44(40,41)34-28-36-33-17-14-30(43-2)27-32(33)35(34)39-21-11-20-38(24-25-39)23-22-37-18-8-7-9-19-37/h12-17,27-28H,3-11,18-26H2,1-2H3. The topological polar surface area (TPSA) is 66.0 Å². The molecule has 240 valence electrons. The fraction of sp³-hybridized carbons (Fsp3) is 0.571. The highest BCUT2D eigenvalue weighted by Gasteiger charge is 2.28. The van der Waals surface area contributed by atoms with Crippen molar-refractivity contribution in [2.75, 3.05) is 70.1 Å². The Labute approximate surface area is 269 Å². The van der Waals surface area contributed by atoms with E-state index in [1.165, 1.54) is 51.6 Å². The molecule has 0 unspecified atom stereocenters. The van der Waals surface area contributed by atoms with Crippen LogP contribution in [0.4, 0.5) is 5.69 Å². The van der Waals surface area contributed by atoms with Crippen molar-refractivity contribution in [2.45, 2.75) is 79.4 Å². The van der Waals surface area contributed by atoms with Crippen molar-refractivity contribution in [1.82, 2.24) is 14.8 Å². The van der Waals surface area contributed by atoms with E-state index >= 15 is 0 Å². The molecule has 0 amide bonds. The molecule has 0 N–H and O–H groups in total. The molecule has 2 aromatic carbocycles. The van der Waals surface area contributed by atoms with Gasteiger partial charge in [-0.05, 0) is 94.0 Å². The summed E-state index contributed by atoms with van der Waals surface area (Å²) in [6.07, 6.45) is 14.5. The lowest BCUT2D eigenvalue weighted by Crippen LogP contribution is -2.39. The van der Waals surface area contributed by atoms with Gasteiger partial charge in [-0.15, -0.1) is 11.8 Å². The van der Waals surface area contributed by atoms with Crippen molar-refractivity contribution in [3.05, 3.63) is 48.7 Å². The second-order valence-corrected chi connectivity index (χ2v) is 15.0. The molecule has 3 heterocycles. The average Bonchev–Trinajstić information content (AvgIpc) is 3.30. The van der Waals surface area contributed by atoms with Crippen LogP contribution in [0.25, 0.3) is 10.9 Å². The Kier molecular flexibility index (Phi) is 12.2. The highest BCUT2D eigenvalue weighted by Crippen LogP contribution is 2.38. The van der Waals surface area contributed by atoms with E-state index in [9.17, 15) is 8.42 Å². The molecule has 0 saturated carbocycles. The number of hydrogen-bond donors (Lipinski definition) is 0. The van der Waals surface area contributed by atoms with Crippen LogP contribution in [-0.4, -0.2) is 88.4 Å². The lowest BCUT2D eigenvalue weighted by Gasteiger charge is -2.30. The summed E-state index contributed by atoms with van der Waals surface area (Å²) in [5.41, 5.74) is 1.61. The molecule has 0 spiro atoms. The number of fused-ring (bicyclic) bond motifs is 1. The number of aromatic nitrogens is 1. The molecule has 2 aliphatic heterocycles. The van der Waals surface area contributed by atoms with Crippen LogP contribution in [0.2, 0.25) is 0 Å². The van der Waals surface area contributed by atoms with Crippen LogP contribution >= 0.6 is 11.8 Å². The fourth-order valence-corrected chi connectivity index (χ4v) is 8.28. The van der Waals surface area contributed by atoms with Crippen LogP contribution in [0.3, 0.4) is 0 Å². The van der Waals surface area contributed by atoms with Gasteiger partial charge in [0.2, 0.25) is 9.84 Å². The van der Waals surface area contributed by atoms with Crippen LogP contribution in [0, 0.1) is 0 Å². The van der Waals surface area contributed by atoms with Crippen molar-refractivity contribution in [3.8, 4) is 5.75 Å². The molecular weight excluding hydrogens is 589 g/mol. The second kappa shape index (κ2) is 16.3. The minimum Gasteiger partial charge on any atom is -0.494 e. The Morgan fingerprint density at radius 3 is 2.30 bits per heavy atom. The normalized spacial score (nSPS) is 17.2. The third kappa shape index (κ3) is 8.47. The summed E-state index contributed by atoms with van der Waals surface area (Å²) in [7, 11) is -3.82. The highest BCUT2D eigenvalue weighted by atomic mass is 32.2. The molecule has 7 nitrogen and oxygen atoms in total. The summed E-state index contributed by atoms with van der Waals surface area (Å²) in [5.74, 6) is 0.707. The van der Waals surface area contributed by atoms with Gasteiger partial charge in [-0.1, -0.05) is 39.0 Å². The van der Waals surface area contributed by atoms with Gasteiger partial charge < -0.3 is 19.4 Å². The van der Waals surface area contributed by atoms with Crippen molar-refractivity contribution < 1.29 is 13.2 Å². The largest absolute Gasteiger partial charge is 0.494 e. The molecule has 2 aliphatic rings. The van der Waals surface area contributed by atoms with Gasteiger partial charge in [-0.25, -0.2) is 8.42 Å². The maximum Gasteiger partial charge on any atom is 0.210 e. The number of piperidine rings is 1. The maximum absolute atomic E-state index is 14.3. The molecule has 9 heteroatoms. The second-order valence-electron chi connectivity index (χ2n) is 12.2. The Balaban J connectivity index is 1.37. The molecule has 0 bridgehead atoms. The van der Waals surface area contributed by atoms with Gasteiger partial charge >= 0.3 is 0 Å². The number of benzene rings is 2. The first-order valence-electron chi connectivity index (χ1n) is 16.6. The summed E-state index contributed by atoms with van der Waals surface area (Å²) in [5, 5.41) is 0.905. The molecule has 0 radical (unpaired) electrons. The zero-order chi connectivity index (χ0) is 30.8. The summed E-state index contributed by atoms with van der Waals surface area (Å²) in [6.45, 7) is 11.0. The van der Waals surface area contributed by atoms with E-state index in [4.69, 9.17) is 4.74 Å². The summed E-state index contributed by atoms with van der Waals surface area (Å²) in [4.78, 5) is 13.8. The van der Waals surface area contributed by atoms with E-state index in [1.54, 1.807) is 42.2 Å². The van der Waals surface area contributed by atoms with Gasteiger partial charge in [0.05, 0.1) is 22.7 Å². The Morgan fingerprint density at radius 1 is 0.818 bits per heavy atom. The molecule has 0 atom stereocenters. The van der Waals surface area contributed by atoms with Crippen molar-refractivity contribution >= 4 is 38.2 Å². The van der Waals surface area contributed by atoms with Gasteiger partial charge in [0, 0.05) is 49.2 Å². The number of nitrogens with zero attached hydrogens (tertiary/aromatic N) is 4. The zero-order valence-electron chi connectivity index (χ0n) is 26.7. The summed E-state index contributed by atoms with van der Waals surface area (Å²) >= 11 is 1.66. The van der Waals surface area contributed by atoms with E-state index in [1.807, 2.05) is 6.07 Å². The lowest BCUT2D eigenvalue weighted by molar-refractivity contribution is 0.186. The van der Waals surface area contributed by atoms with Gasteiger partial charge in [-0.3, -0.25) is 4.98 Å². The predicted molar refractivity (Wildman–Crippen MR) is 183 cm³/mol. The van der Waals surface area contributed by atoms with Crippen LogP contribution in [0.15, 0.2) is 63.3 Å². The van der Waals surface area contributed by atoms with Crippen LogP contribution in [0.5, 0.6) is 5.75 Å². The molecule has 2 fully saturated rings. The number of rotatable bonds is 14. The quantitative estimate of drug-likeness (QED) is 0.136. The number of thioether (sulfide) groups is 1. The fourth-order valence-electron chi connectivity index (χ4n) is 6.41. The number of sulfone groups is 1. The van der Waals surface area contributed by atoms with Crippen molar-refractivity contribution in [2.24, 2.45) is 0 Å². The van der Waals surface area contributed by atoms with Gasteiger partial charge in [0.25, 0.3) is 0 Å². The van der Waals surface area contributed by atoms with E-state index in [0.717, 1.165) is 80.0 Å². The molecule has 44 heavy (non-hydrogen) atoms. The number of hydrogen-bond acceptors (Lipinski definition) is 8. The highest BCUT2D eigenvalue weighted by molar-refractivity contribution is 7.98. The smallest absolute Gasteiger partial charge is 0.210 e. The number of ether oxygens (including phenoxy) is 1. The van der Waals surface area contributed by atoms with Crippen LogP contribution < -0.4 is 9.64 Å². The van der Waals surface area contributed by atoms with E-state index in [-0.39, 0.29) is 9.79 Å². The molecule has 2 saturated heterocycles.